The van der Waals surface area contributed by atoms with Crippen LogP contribution in [0.1, 0.15) is 83.6 Å². The number of hydrogen-bond acceptors (Lipinski definition) is 9. The lowest BCUT2D eigenvalue weighted by Gasteiger charge is -2.66. The minimum Gasteiger partial charge on any atom is -0.458 e. The molecule has 0 amide bonds. The summed E-state index contributed by atoms with van der Waals surface area (Å²) in [5.74, 6) is -0.523. The molecule has 4 aliphatic carbocycles. The molecule has 6 aliphatic rings. The molecule has 1 aromatic rings. The Morgan fingerprint density at radius 1 is 1.04 bits per heavy atom. The van der Waals surface area contributed by atoms with Crippen molar-refractivity contribution >= 4 is 12.2 Å². The predicted octanol–water partition coefficient (Wildman–Crippen LogP) is 4.03. The summed E-state index contributed by atoms with van der Waals surface area (Å²) in [6.45, 7) is 4.71. The first kappa shape index (κ1) is 33.3. The number of carbonyl (C=O) groups is 1. The van der Waals surface area contributed by atoms with Gasteiger partial charge < -0.3 is 34.6 Å². The van der Waals surface area contributed by atoms with E-state index in [1.165, 1.54) is 12.1 Å². The van der Waals surface area contributed by atoms with Crippen LogP contribution in [-0.2, 0) is 25.4 Å². The van der Waals surface area contributed by atoms with Crippen molar-refractivity contribution in [3.63, 3.8) is 0 Å². The van der Waals surface area contributed by atoms with Gasteiger partial charge in [-0.05, 0) is 106 Å². The lowest BCUT2D eigenvalue weighted by atomic mass is 9.41. The number of cyclic esters (lactones) is 1. The van der Waals surface area contributed by atoms with Crippen molar-refractivity contribution in [2.45, 2.75) is 126 Å². The normalized spacial score (nSPS) is 46.4. The van der Waals surface area contributed by atoms with Gasteiger partial charge >= 0.3 is 5.97 Å². The van der Waals surface area contributed by atoms with Crippen LogP contribution in [0.5, 0.6) is 0 Å². The first-order valence-corrected chi connectivity index (χ1v) is 17.6. The van der Waals surface area contributed by atoms with Crippen LogP contribution in [0.3, 0.4) is 0 Å². The van der Waals surface area contributed by atoms with Crippen LogP contribution < -0.4 is 0 Å². The average molecular weight is 656 g/mol. The van der Waals surface area contributed by atoms with Crippen molar-refractivity contribution in [3.05, 3.63) is 47.3 Å². The van der Waals surface area contributed by atoms with Crippen LogP contribution in [0.15, 0.2) is 40.9 Å². The molecule has 0 bridgehead atoms. The molecule has 9 nitrogen and oxygen atoms in total. The van der Waals surface area contributed by atoms with Crippen LogP contribution in [0.25, 0.3) is 0 Å². The monoisotopic (exact) mass is 655 g/mol. The highest BCUT2D eigenvalue weighted by Crippen LogP contribution is 2.70. The zero-order chi connectivity index (χ0) is 33.2. The zero-order valence-electron chi connectivity index (χ0n) is 27.5. The second kappa shape index (κ2) is 12.3. The molecule has 12 atom stereocenters. The van der Waals surface area contributed by atoms with Crippen LogP contribution in [0.4, 0.5) is 4.39 Å². The predicted molar refractivity (Wildman–Crippen MR) is 171 cm³/mol. The van der Waals surface area contributed by atoms with E-state index < -0.39 is 46.6 Å². The molecular formula is C37H50FNO8. The fraction of sp³-hybridized carbons (Fsp3) is 0.730. The Bertz CT molecular complexity index is 1390. The maximum absolute atomic E-state index is 13.5. The van der Waals surface area contributed by atoms with E-state index >= 15 is 0 Å². The van der Waals surface area contributed by atoms with Gasteiger partial charge in [0.2, 0.25) is 0 Å². The number of halogens is 1. The van der Waals surface area contributed by atoms with E-state index in [4.69, 9.17) is 19.2 Å². The molecule has 4 N–H and O–H groups in total. The number of hydrogen-bond donors (Lipinski definition) is 4. The molecule has 2 aliphatic heterocycles. The molecule has 0 radical (unpaired) electrons. The summed E-state index contributed by atoms with van der Waals surface area (Å²) in [5, 5.41) is 46.0. The summed E-state index contributed by atoms with van der Waals surface area (Å²) >= 11 is 0. The quantitative estimate of drug-likeness (QED) is 0.196. The van der Waals surface area contributed by atoms with Crippen LogP contribution >= 0.6 is 0 Å². The molecule has 4 saturated carbocycles. The van der Waals surface area contributed by atoms with Crippen molar-refractivity contribution in [3.8, 4) is 0 Å². The second-order valence-corrected chi connectivity index (χ2v) is 15.6. The summed E-state index contributed by atoms with van der Waals surface area (Å²) in [5.41, 5.74) is -1.15. The third-order valence-corrected chi connectivity index (χ3v) is 13.4. The largest absolute Gasteiger partial charge is 0.458 e. The molecule has 0 unspecified atom stereocenters. The van der Waals surface area contributed by atoms with Gasteiger partial charge in [-0.2, -0.15) is 0 Å². The van der Waals surface area contributed by atoms with Gasteiger partial charge in [0.25, 0.3) is 0 Å². The van der Waals surface area contributed by atoms with Crippen LogP contribution in [0, 0.1) is 34.4 Å². The SMILES string of the molecule is C[C@@H]1O[C@@H](O[C@@H]2CC[C@@]3(C=NCCc4ccc(F)cc4)[C@@H]4CC[C@@]5(C)[C@@H](C6=CC(=O)OC6)CC[C@]5(O)[C@@H]4CC[C@]3(O)C2)C[C@@H](O)[C@H]1O. The average Bonchev–Trinajstić information content (AvgIpc) is 3.58. The van der Waals surface area contributed by atoms with Crippen molar-refractivity contribution < 1.29 is 43.8 Å². The number of ether oxygens (including phenoxy) is 3. The molecule has 2 heterocycles. The fourth-order valence-corrected chi connectivity index (χ4v) is 10.9. The lowest BCUT2D eigenvalue weighted by molar-refractivity contribution is -0.282. The maximum Gasteiger partial charge on any atom is 0.331 e. The second-order valence-electron chi connectivity index (χ2n) is 15.6. The number of carbonyl (C=O) groups excluding carboxylic acids is 1. The van der Waals surface area contributed by atoms with Gasteiger partial charge in [-0.1, -0.05) is 19.1 Å². The van der Waals surface area contributed by atoms with Gasteiger partial charge in [-0.15, -0.1) is 0 Å². The smallest absolute Gasteiger partial charge is 0.331 e. The number of aliphatic hydroxyl groups is 4. The number of aliphatic hydroxyl groups excluding tert-OH is 2. The highest BCUT2D eigenvalue weighted by atomic mass is 19.1. The van der Waals surface area contributed by atoms with Gasteiger partial charge in [0, 0.05) is 42.5 Å². The molecule has 47 heavy (non-hydrogen) atoms. The van der Waals surface area contributed by atoms with E-state index in [0.29, 0.717) is 58.1 Å². The first-order chi connectivity index (χ1) is 22.4. The van der Waals surface area contributed by atoms with Gasteiger partial charge in [-0.3, -0.25) is 4.99 Å². The molecule has 0 spiro atoms. The number of aliphatic imine (C=N–C) groups is 1. The first-order valence-electron chi connectivity index (χ1n) is 17.6. The Kier molecular flexibility index (Phi) is 8.70. The van der Waals surface area contributed by atoms with E-state index in [-0.39, 0.29) is 42.1 Å². The number of nitrogens with zero attached hydrogens (tertiary/aromatic N) is 1. The summed E-state index contributed by atoms with van der Waals surface area (Å²) in [6.07, 6.45) is 6.93. The van der Waals surface area contributed by atoms with E-state index in [2.05, 4.69) is 6.92 Å². The number of fused-ring (bicyclic) bond motifs is 5. The summed E-state index contributed by atoms with van der Waals surface area (Å²) in [7, 11) is 0. The number of esters is 1. The Hall–Kier alpha value is -2.21. The van der Waals surface area contributed by atoms with E-state index in [1.54, 1.807) is 25.1 Å². The molecular weight excluding hydrogens is 605 g/mol. The maximum atomic E-state index is 13.5. The van der Waals surface area contributed by atoms with Crippen molar-refractivity contribution in [2.24, 2.45) is 33.6 Å². The van der Waals surface area contributed by atoms with Gasteiger partial charge in [0.15, 0.2) is 6.29 Å². The van der Waals surface area contributed by atoms with Gasteiger partial charge in [0.05, 0.1) is 29.5 Å². The third kappa shape index (κ3) is 5.51. The van der Waals surface area contributed by atoms with Crippen molar-refractivity contribution in [1.29, 1.82) is 0 Å². The molecule has 7 rings (SSSR count). The standard InChI is InChI=1S/C37H50FNO8/c1-22-33(42)30(40)18-32(46-22)47-26-7-13-35(21-39-16-11-23-3-5-25(38)6-4-23)28-8-12-34(2)27(24-17-31(41)45-20-24)10-15-37(34,44)29(28)9-14-36(35,43)19-26/h3-6,17,21-22,26-30,32-33,40,42-44H,7-16,18-20H2,1-2H3/t22-,26+,27+,28+,29+,30+,32-,33-,34-,35+,36-,37-/m0/s1. The molecule has 5 fully saturated rings. The van der Waals surface area contributed by atoms with E-state index in [9.17, 15) is 29.6 Å². The minimum atomic E-state index is -1.12. The summed E-state index contributed by atoms with van der Waals surface area (Å²) in [6, 6.07) is 6.46. The Morgan fingerprint density at radius 2 is 1.81 bits per heavy atom. The van der Waals surface area contributed by atoms with Crippen LogP contribution in [-0.4, -0.2) is 87.7 Å². The number of benzene rings is 1. The van der Waals surface area contributed by atoms with Crippen molar-refractivity contribution in [2.75, 3.05) is 13.2 Å². The molecule has 1 saturated heterocycles. The van der Waals surface area contributed by atoms with Gasteiger partial charge in [0.1, 0.15) is 18.5 Å². The van der Waals surface area contributed by atoms with Crippen molar-refractivity contribution in [1.82, 2.24) is 0 Å². The van der Waals surface area contributed by atoms with E-state index in [1.807, 2.05) is 6.21 Å². The minimum absolute atomic E-state index is 0.00644. The molecule has 0 aromatic heterocycles. The topological polar surface area (TPSA) is 138 Å². The Labute approximate surface area is 276 Å². The van der Waals surface area contributed by atoms with Crippen LogP contribution in [0.2, 0.25) is 0 Å². The molecule has 258 valence electrons. The van der Waals surface area contributed by atoms with Gasteiger partial charge in [-0.25, -0.2) is 9.18 Å². The Morgan fingerprint density at radius 3 is 2.53 bits per heavy atom. The highest BCUT2D eigenvalue weighted by molar-refractivity contribution is 5.85. The number of rotatable bonds is 7. The summed E-state index contributed by atoms with van der Waals surface area (Å²) in [4.78, 5) is 16.9. The third-order valence-electron chi connectivity index (χ3n) is 13.4. The fourth-order valence-electron chi connectivity index (χ4n) is 10.9. The molecule has 10 heteroatoms. The molecule has 1 aromatic carbocycles. The van der Waals surface area contributed by atoms with E-state index in [0.717, 1.165) is 30.4 Å². The lowest BCUT2D eigenvalue weighted by Crippen LogP contribution is -2.69. The zero-order valence-corrected chi connectivity index (χ0v) is 27.5. The Balaban J connectivity index is 1.15. The highest BCUT2D eigenvalue weighted by Gasteiger charge is 2.71. The summed E-state index contributed by atoms with van der Waals surface area (Å²) < 4.78 is 31.0.